The van der Waals surface area contributed by atoms with E-state index in [1.54, 1.807) is 22.9 Å². The summed E-state index contributed by atoms with van der Waals surface area (Å²) in [5.41, 5.74) is -1.83. The van der Waals surface area contributed by atoms with Crippen LogP contribution in [0.15, 0.2) is 89.8 Å². The van der Waals surface area contributed by atoms with Crippen molar-refractivity contribution in [1.29, 1.82) is 0 Å². The van der Waals surface area contributed by atoms with E-state index in [4.69, 9.17) is 21.1 Å². The summed E-state index contributed by atoms with van der Waals surface area (Å²) < 4.78 is 98.9. The number of carbonyl (C=O) groups excluding carboxylic acids is 3. The number of alkyl halides is 3. The van der Waals surface area contributed by atoms with Gasteiger partial charge in [-0.1, -0.05) is 23.7 Å². The zero-order valence-corrected chi connectivity index (χ0v) is 29.7. The number of nitrogens with one attached hydrogen (secondary N) is 4. The standard InChI is InChI=1S/C16H17N3O5S.C15H10ClF3N2O6S/c1-17-16(21)18-11-7-9-12(10-8-11)25(22,23)19-15(20)13-5-3-4-6-14(13)24-2;1-28(25,26)20-14(22)10-7-9(3-4-12(10)21(23)24)27-13-5-2-8(6-11(13)16)15(17,18)19/h3-10H,1-2H3,(H,19,20)(H2,17,18,21);2-7H,1H3,(H,20,22). The highest BCUT2D eigenvalue weighted by molar-refractivity contribution is 7.90. The minimum absolute atomic E-state index is 0.103. The van der Waals surface area contributed by atoms with E-state index in [0.29, 0.717) is 24.1 Å². The van der Waals surface area contributed by atoms with Crippen molar-refractivity contribution in [2.24, 2.45) is 0 Å². The lowest BCUT2D eigenvalue weighted by molar-refractivity contribution is -0.385. The number of rotatable bonds is 10. The van der Waals surface area contributed by atoms with Crippen LogP contribution in [-0.4, -0.2) is 60.0 Å². The summed E-state index contributed by atoms with van der Waals surface area (Å²) in [4.78, 5) is 45.5. The van der Waals surface area contributed by atoms with Crippen LogP contribution in [0.3, 0.4) is 0 Å². The molecule has 4 rings (SSSR count). The molecule has 0 aliphatic carbocycles. The number of amides is 4. The van der Waals surface area contributed by atoms with Crippen molar-refractivity contribution < 1.29 is 58.8 Å². The van der Waals surface area contributed by atoms with Crippen LogP contribution in [-0.2, 0) is 26.2 Å². The van der Waals surface area contributed by atoms with Crippen LogP contribution >= 0.6 is 11.6 Å². The highest BCUT2D eigenvalue weighted by Crippen LogP contribution is 2.37. The number of urea groups is 1. The first-order valence-corrected chi connectivity index (χ1v) is 18.0. The van der Waals surface area contributed by atoms with E-state index in [2.05, 4.69) is 10.6 Å². The van der Waals surface area contributed by atoms with Crippen molar-refractivity contribution in [2.45, 2.75) is 11.1 Å². The molecule has 0 aromatic heterocycles. The molecule has 0 atom stereocenters. The number of sulfonamides is 2. The maximum Gasteiger partial charge on any atom is 0.416 e. The fraction of sp³-hybridized carbons (Fsp3) is 0.129. The number of carbonyl (C=O) groups is 3. The zero-order chi connectivity index (χ0) is 39.7. The maximum atomic E-state index is 12.7. The van der Waals surface area contributed by atoms with E-state index in [9.17, 15) is 54.5 Å². The van der Waals surface area contributed by atoms with E-state index in [1.165, 1.54) is 44.5 Å². The van der Waals surface area contributed by atoms with Gasteiger partial charge in [0, 0.05) is 24.9 Å². The number of hydrogen-bond acceptors (Lipinski definition) is 11. The molecule has 4 amide bonds. The molecule has 282 valence electrons. The first-order valence-electron chi connectivity index (χ1n) is 14.3. The summed E-state index contributed by atoms with van der Waals surface area (Å²) in [7, 11) is -5.22. The number of ether oxygens (including phenoxy) is 2. The number of anilines is 1. The third-order valence-corrected chi connectivity index (χ3v) is 8.60. The zero-order valence-electron chi connectivity index (χ0n) is 27.3. The Balaban J connectivity index is 0.000000287. The second kappa shape index (κ2) is 17.1. The normalized spacial score (nSPS) is 11.2. The van der Waals surface area contributed by atoms with Gasteiger partial charge in [0.25, 0.3) is 27.5 Å². The minimum Gasteiger partial charge on any atom is -0.496 e. The van der Waals surface area contributed by atoms with Gasteiger partial charge in [0.2, 0.25) is 10.0 Å². The largest absolute Gasteiger partial charge is 0.496 e. The number of nitrogens with zero attached hydrogens (tertiary/aromatic N) is 1. The molecule has 53 heavy (non-hydrogen) atoms. The van der Waals surface area contributed by atoms with E-state index >= 15 is 0 Å². The Labute approximate surface area is 304 Å². The Hall–Kier alpha value is -5.93. The van der Waals surface area contributed by atoms with Gasteiger partial charge in [-0.05, 0) is 60.7 Å². The van der Waals surface area contributed by atoms with Crippen LogP contribution in [0.2, 0.25) is 5.02 Å². The lowest BCUT2D eigenvalue weighted by Crippen LogP contribution is -2.31. The van der Waals surface area contributed by atoms with Gasteiger partial charge in [-0.15, -0.1) is 0 Å². The Kier molecular flexibility index (Phi) is 13.4. The van der Waals surface area contributed by atoms with E-state index < -0.39 is 70.8 Å². The molecular weight excluding hydrogens is 775 g/mol. The summed E-state index contributed by atoms with van der Waals surface area (Å²) in [6.07, 6.45) is -3.94. The topological polar surface area (TPSA) is 229 Å². The summed E-state index contributed by atoms with van der Waals surface area (Å²) in [6.45, 7) is 0. The van der Waals surface area contributed by atoms with Gasteiger partial charge in [-0.2, -0.15) is 13.2 Å². The van der Waals surface area contributed by atoms with Gasteiger partial charge in [-0.3, -0.25) is 19.7 Å². The molecule has 0 unspecified atom stereocenters. The summed E-state index contributed by atoms with van der Waals surface area (Å²) >= 11 is 5.76. The van der Waals surface area contributed by atoms with E-state index in [0.717, 1.165) is 24.3 Å². The summed E-state index contributed by atoms with van der Waals surface area (Å²) in [5.74, 6) is -2.22. The SMILES string of the molecule is CNC(=O)Nc1ccc(S(=O)(=O)NC(=O)c2ccccc2OC)cc1.CS(=O)(=O)NC(=O)c1cc(Oc2ccc(C(F)(F)F)cc2Cl)ccc1[N+](=O)[O-]. The number of hydrogen-bond donors (Lipinski definition) is 4. The third kappa shape index (κ3) is 11.8. The van der Waals surface area contributed by atoms with Gasteiger partial charge in [0.1, 0.15) is 22.8 Å². The molecular formula is C31H27ClF3N5O11S2. The molecule has 0 heterocycles. The molecule has 0 aliphatic heterocycles. The predicted octanol–water partition coefficient (Wildman–Crippen LogP) is 5.31. The number of para-hydroxylation sites is 1. The fourth-order valence-corrected chi connectivity index (χ4v) is 5.64. The number of nitro benzene ring substituents is 1. The smallest absolute Gasteiger partial charge is 0.416 e. The molecule has 0 spiro atoms. The third-order valence-electron chi connectivity index (χ3n) is 6.40. The number of nitro groups is 1. The summed E-state index contributed by atoms with van der Waals surface area (Å²) in [6, 6.07) is 16.3. The average Bonchev–Trinajstić information content (AvgIpc) is 3.08. The molecule has 16 nitrogen and oxygen atoms in total. The number of benzene rings is 4. The van der Waals surface area contributed by atoms with Crippen LogP contribution in [0.5, 0.6) is 17.2 Å². The van der Waals surface area contributed by atoms with Crippen LogP contribution < -0.4 is 29.6 Å². The van der Waals surface area contributed by atoms with Crippen molar-refractivity contribution in [3.63, 3.8) is 0 Å². The maximum absolute atomic E-state index is 12.7. The molecule has 4 N–H and O–H groups in total. The van der Waals surface area contributed by atoms with E-state index in [1.807, 2.05) is 4.72 Å². The highest BCUT2D eigenvalue weighted by atomic mass is 35.5. The molecule has 4 aromatic rings. The van der Waals surface area contributed by atoms with Gasteiger partial charge >= 0.3 is 12.2 Å². The van der Waals surface area contributed by atoms with Crippen molar-refractivity contribution in [1.82, 2.24) is 14.8 Å². The molecule has 4 aromatic carbocycles. The fourth-order valence-electron chi connectivity index (χ4n) is 4.01. The second-order valence-electron chi connectivity index (χ2n) is 10.2. The van der Waals surface area contributed by atoms with Crippen LogP contribution in [0, 0.1) is 10.1 Å². The number of halogens is 4. The Bertz CT molecular complexity index is 2260. The van der Waals surface area contributed by atoms with Crippen LogP contribution in [0.4, 0.5) is 29.3 Å². The number of methoxy groups -OCH3 is 1. The lowest BCUT2D eigenvalue weighted by Gasteiger charge is -2.12. The minimum atomic E-state index is -4.62. The Morgan fingerprint density at radius 2 is 1.45 bits per heavy atom. The monoisotopic (exact) mass is 801 g/mol. The van der Waals surface area contributed by atoms with Crippen molar-refractivity contribution in [2.75, 3.05) is 25.7 Å². The highest BCUT2D eigenvalue weighted by Gasteiger charge is 2.31. The molecule has 0 fully saturated rings. The van der Waals surface area contributed by atoms with Crippen LogP contribution in [0.1, 0.15) is 26.3 Å². The molecule has 0 radical (unpaired) electrons. The van der Waals surface area contributed by atoms with Crippen molar-refractivity contribution in [3.05, 3.63) is 117 Å². The second-order valence-corrected chi connectivity index (χ2v) is 14.1. The van der Waals surface area contributed by atoms with Crippen LogP contribution in [0.25, 0.3) is 0 Å². The van der Waals surface area contributed by atoms with Gasteiger partial charge in [0.05, 0.1) is 39.3 Å². The molecule has 0 saturated heterocycles. The quantitative estimate of drug-likeness (QED) is 0.119. The first kappa shape index (κ1) is 41.5. The Morgan fingerprint density at radius 3 is 2.00 bits per heavy atom. The Morgan fingerprint density at radius 1 is 0.830 bits per heavy atom. The predicted molar refractivity (Wildman–Crippen MR) is 184 cm³/mol. The van der Waals surface area contributed by atoms with Crippen molar-refractivity contribution >= 4 is 60.9 Å². The lowest BCUT2D eigenvalue weighted by atomic mass is 10.1. The van der Waals surface area contributed by atoms with Gasteiger partial charge < -0.3 is 20.1 Å². The molecule has 0 aliphatic rings. The summed E-state index contributed by atoms with van der Waals surface area (Å²) in [5, 5.41) is 15.5. The first-order chi connectivity index (χ1) is 24.6. The average molecular weight is 802 g/mol. The van der Waals surface area contributed by atoms with Gasteiger partial charge in [0.15, 0.2) is 0 Å². The van der Waals surface area contributed by atoms with Crippen molar-refractivity contribution in [3.8, 4) is 17.2 Å². The molecule has 0 bridgehead atoms. The van der Waals surface area contributed by atoms with E-state index in [-0.39, 0.29) is 27.7 Å². The van der Waals surface area contributed by atoms with Gasteiger partial charge in [-0.25, -0.2) is 31.1 Å². The molecule has 22 heteroatoms. The molecule has 0 saturated carbocycles.